The summed E-state index contributed by atoms with van der Waals surface area (Å²) < 4.78 is 3.30. The molecule has 3 aromatic carbocycles. The summed E-state index contributed by atoms with van der Waals surface area (Å²) in [5, 5.41) is 2.77. The molecule has 5 rings (SSSR count). The minimum absolute atomic E-state index is 0.167. The number of benzene rings is 3. The molecule has 0 saturated heterocycles. The number of rotatable bonds is 4. The summed E-state index contributed by atoms with van der Waals surface area (Å²) in [6, 6.07) is 25.3. The van der Waals surface area contributed by atoms with Gasteiger partial charge in [0.05, 0.1) is 28.6 Å². The van der Waals surface area contributed by atoms with Gasteiger partial charge in [0.25, 0.3) is 0 Å². The zero-order valence-electron chi connectivity index (χ0n) is 18.3. The molecule has 0 saturated carbocycles. The molecule has 162 valence electrons. The first-order valence-corrected chi connectivity index (χ1v) is 10.6. The second-order valence-corrected chi connectivity index (χ2v) is 7.97. The maximum Gasteiger partial charge on any atom is 0.338 e. The van der Waals surface area contributed by atoms with Gasteiger partial charge in [0.15, 0.2) is 0 Å². The summed E-state index contributed by atoms with van der Waals surface area (Å²) >= 11 is 0. The number of pyridine rings is 1. The zero-order chi connectivity index (χ0) is 22.9. The Morgan fingerprint density at radius 1 is 0.818 bits per heavy atom. The summed E-state index contributed by atoms with van der Waals surface area (Å²) in [4.78, 5) is 29.4. The lowest BCUT2D eigenvalue weighted by atomic mass is 10.0. The highest BCUT2D eigenvalue weighted by Crippen LogP contribution is 2.25. The van der Waals surface area contributed by atoms with Crippen molar-refractivity contribution in [3.63, 3.8) is 0 Å². The van der Waals surface area contributed by atoms with E-state index in [1.165, 1.54) is 12.5 Å². The molecule has 0 aliphatic carbocycles. The first-order chi connectivity index (χ1) is 16.0. The van der Waals surface area contributed by atoms with Crippen molar-refractivity contribution in [3.8, 4) is 22.5 Å². The molecule has 0 aliphatic rings. The smallest absolute Gasteiger partial charge is 0.326 e. The van der Waals surface area contributed by atoms with Gasteiger partial charge >= 0.3 is 5.69 Å². The van der Waals surface area contributed by atoms with E-state index in [2.05, 4.69) is 35.4 Å². The number of imidazole rings is 1. The molecule has 0 fully saturated rings. The zero-order valence-corrected chi connectivity index (χ0v) is 18.3. The van der Waals surface area contributed by atoms with Crippen molar-refractivity contribution in [3.05, 3.63) is 107 Å². The van der Waals surface area contributed by atoms with E-state index in [0.29, 0.717) is 16.9 Å². The number of fused-ring (bicyclic) bond motifs is 1. The molecule has 0 bridgehead atoms. The Labute approximate surface area is 190 Å². The Bertz CT molecular complexity index is 1550. The van der Waals surface area contributed by atoms with Gasteiger partial charge in [0.1, 0.15) is 0 Å². The third-order valence-electron chi connectivity index (χ3n) is 5.54. The maximum absolute atomic E-state index is 13.6. The van der Waals surface area contributed by atoms with Crippen LogP contribution in [0, 0.1) is 6.92 Å². The van der Waals surface area contributed by atoms with E-state index in [4.69, 9.17) is 0 Å². The average molecular weight is 434 g/mol. The second-order valence-electron chi connectivity index (χ2n) is 7.97. The van der Waals surface area contributed by atoms with Crippen LogP contribution in [0.5, 0.6) is 0 Å². The number of aryl methyl sites for hydroxylation is 1. The van der Waals surface area contributed by atoms with E-state index in [1.807, 2.05) is 48.5 Å². The molecule has 6 heteroatoms. The number of hydrogen-bond acceptors (Lipinski definition) is 3. The van der Waals surface area contributed by atoms with Crippen molar-refractivity contribution in [2.24, 2.45) is 0 Å². The van der Waals surface area contributed by atoms with Crippen LogP contribution in [0.25, 0.3) is 33.5 Å². The van der Waals surface area contributed by atoms with Gasteiger partial charge in [-0.15, -0.1) is 0 Å². The van der Waals surface area contributed by atoms with Crippen LogP contribution >= 0.6 is 0 Å². The SMILES string of the molecule is CC(=O)Nc1cccc(-n2c(=O)n(-c3ccc(-c4cccc(C)c4)cc3)c3cnccc32)c1. The molecule has 0 aliphatic heterocycles. The fraction of sp³-hybridized carbons (Fsp3) is 0.0741. The van der Waals surface area contributed by atoms with Crippen molar-refractivity contribution in [2.75, 3.05) is 5.32 Å². The minimum atomic E-state index is -0.207. The molecule has 5 aromatic rings. The van der Waals surface area contributed by atoms with E-state index < -0.39 is 0 Å². The average Bonchev–Trinajstić information content (AvgIpc) is 3.10. The molecule has 2 heterocycles. The van der Waals surface area contributed by atoms with E-state index in [9.17, 15) is 9.59 Å². The Balaban J connectivity index is 1.64. The van der Waals surface area contributed by atoms with Crippen LogP contribution < -0.4 is 11.0 Å². The first-order valence-electron chi connectivity index (χ1n) is 10.6. The van der Waals surface area contributed by atoms with Gasteiger partial charge in [-0.3, -0.25) is 18.9 Å². The highest BCUT2D eigenvalue weighted by atomic mass is 16.2. The Kier molecular flexibility index (Phi) is 5.11. The second kappa shape index (κ2) is 8.24. The summed E-state index contributed by atoms with van der Waals surface area (Å²) in [5.74, 6) is -0.167. The fourth-order valence-corrected chi connectivity index (χ4v) is 4.10. The molecule has 2 aromatic heterocycles. The van der Waals surface area contributed by atoms with Gasteiger partial charge in [-0.25, -0.2) is 4.79 Å². The third kappa shape index (κ3) is 3.83. The van der Waals surface area contributed by atoms with Gasteiger partial charge in [-0.05, 0) is 54.4 Å². The quantitative estimate of drug-likeness (QED) is 0.427. The molecule has 1 amide bonds. The van der Waals surface area contributed by atoms with Crippen LogP contribution in [0.15, 0.2) is 96.1 Å². The van der Waals surface area contributed by atoms with E-state index >= 15 is 0 Å². The monoisotopic (exact) mass is 434 g/mol. The van der Waals surface area contributed by atoms with Crippen molar-refractivity contribution >= 4 is 22.6 Å². The molecule has 0 unspecified atom stereocenters. The number of carbonyl (C=O) groups excluding carboxylic acids is 1. The van der Waals surface area contributed by atoms with Crippen LogP contribution in [-0.4, -0.2) is 20.0 Å². The fourth-order valence-electron chi connectivity index (χ4n) is 4.10. The highest BCUT2D eigenvalue weighted by molar-refractivity contribution is 5.89. The van der Waals surface area contributed by atoms with E-state index in [1.54, 1.807) is 33.7 Å². The number of carbonyl (C=O) groups is 1. The predicted octanol–water partition coefficient (Wildman–Crippen LogP) is 5.11. The molecule has 0 radical (unpaired) electrons. The highest BCUT2D eigenvalue weighted by Gasteiger charge is 2.16. The van der Waals surface area contributed by atoms with Gasteiger partial charge in [-0.1, -0.05) is 48.0 Å². The minimum Gasteiger partial charge on any atom is -0.326 e. The van der Waals surface area contributed by atoms with E-state index in [0.717, 1.165) is 22.3 Å². The molecular weight excluding hydrogens is 412 g/mol. The Morgan fingerprint density at radius 3 is 2.33 bits per heavy atom. The summed E-state index contributed by atoms with van der Waals surface area (Å²) in [6.07, 6.45) is 3.36. The normalized spacial score (nSPS) is 11.0. The van der Waals surface area contributed by atoms with Crippen molar-refractivity contribution in [2.45, 2.75) is 13.8 Å². The first kappa shape index (κ1) is 20.5. The van der Waals surface area contributed by atoms with Gasteiger partial charge in [0.2, 0.25) is 5.91 Å². The molecule has 1 N–H and O–H groups in total. The number of nitrogens with one attached hydrogen (secondary N) is 1. The summed E-state index contributed by atoms with van der Waals surface area (Å²) in [5.41, 5.74) is 6.69. The summed E-state index contributed by atoms with van der Waals surface area (Å²) in [6.45, 7) is 3.52. The van der Waals surface area contributed by atoms with Crippen LogP contribution in [-0.2, 0) is 4.79 Å². The molecular formula is C27H22N4O2. The number of amides is 1. The number of aromatic nitrogens is 3. The Hall–Kier alpha value is -4.45. The van der Waals surface area contributed by atoms with Gasteiger partial charge < -0.3 is 5.32 Å². The molecule has 33 heavy (non-hydrogen) atoms. The lowest BCUT2D eigenvalue weighted by molar-refractivity contribution is -0.114. The Morgan fingerprint density at radius 2 is 1.58 bits per heavy atom. The van der Waals surface area contributed by atoms with E-state index in [-0.39, 0.29) is 11.6 Å². The van der Waals surface area contributed by atoms with Crippen LogP contribution in [0.4, 0.5) is 5.69 Å². The number of anilines is 1. The molecule has 6 nitrogen and oxygen atoms in total. The predicted molar refractivity (Wildman–Crippen MR) is 131 cm³/mol. The van der Waals surface area contributed by atoms with Crippen LogP contribution in [0.2, 0.25) is 0 Å². The lowest BCUT2D eigenvalue weighted by Crippen LogP contribution is -2.22. The number of hydrogen-bond donors (Lipinski definition) is 1. The largest absolute Gasteiger partial charge is 0.338 e. The van der Waals surface area contributed by atoms with Crippen LogP contribution in [0.1, 0.15) is 12.5 Å². The summed E-state index contributed by atoms with van der Waals surface area (Å²) in [7, 11) is 0. The standard InChI is InChI=1S/C27H22N4O2/c1-18-5-3-6-21(15-18)20-9-11-23(12-10-20)30-26-17-28-14-13-25(26)31(27(30)33)24-8-4-7-22(16-24)29-19(2)32/h3-17H,1-2H3,(H,29,32). The topological polar surface area (TPSA) is 68.9 Å². The third-order valence-corrected chi connectivity index (χ3v) is 5.54. The van der Waals surface area contributed by atoms with Gasteiger partial charge in [0, 0.05) is 18.8 Å². The number of nitrogens with zero attached hydrogens (tertiary/aromatic N) is 3. The van der Waals surface area contributed by atoms with Crippen molar-refractivity contribution in [1.29, 1.82) is 0 Å². The molecule has 0 atom stereocenters. The van der Waals surface area contributed by atoms with Gasteiger partial charge in [-0.2, -0.15) is 0 Å². The lowest BCUT2D eigenvalue weighted by Gasteiger charge is -2.07. The van der Waals surface area contributed by atoms with Crippen LogP contribution in [0.3, 0.4) is 0 Å². The van der Waals surface area contributed by atoms with Crippen molar-refractivity contribution in [1.82, 2.24) is 14.1 Å². The van der Waals surface area contributed by atoms with Crippen molar-refractivity contribution < 1.29 is 4.79 Å². The molecule has 0 spiro atoms. The maximum atomic E-state index is 13.6.